The predicted octanol–water partition coefficient (Wildman–Crippen LogP) is 4.13. The van der Waals surface area contributed by atoms with Gasteiger partial charge in [0.15, 0.2) is 11.5 Å². The van der Waals surface area contributed by atoms with E-state index in [0.29, 0.717) is 30.2 Å². The molecule has 0 saturated heterocycles. The van der Waals surface area contributed by atoms with Gasteiger partial charge in [-0.05, 0) is 67.4 Å². The maximum atomic E-state index is 14.0. The van der Waals surface area contributed by atoms with Crippen molar-refractivity contribution in [3.63, 3.8) is 0 Å². The first-order chi connectivity index (χ1) is 20.6. The Labute approximate surface area is 251 Å². The van der Waals surface area contributed by atoms with Crippen molar-refractivity contribution in [2.24, 2.45) is 0 Å². The first-order valence-electron chi connectivity index (χ1n) is 14.0. The summed E-state index contributed by atoms with van der Waals surface area (Å²) in [5.74, 6) is -0.262. The lowest BCUT2D eigenvalue weighted by Gasteiger charge is -2.32. The van der Waals surface area contributed by atoms with Crippen molar-refractivity contribution in [2.75, 3.05) is 37.7 Å². The van der Waals surface area contributed by atoms with Crippen LogP contribution in [0.5, 0.6) is 17.2 Å². The van der Waals surface area contributed by atoms with Crippen LogP contribution in [0, 0.1) is 5.82 Å². The Bertz CT molecular complexity index is 1520. The molecule has 3 aromatic rings. The van der Waals surface area contributed by atoms with Crippen LogP contribution in [0.25, 0.3) is 0 Å². The smallest absolute Gasteiger partial charge is 0.264 e. The Morgan fingerprint density at radius 1 is 1.00 bits per heavy atom. The molecule has 4 rings (SSSR count). The summed E-state index contributed by atoms with van der Waals surface area (Å²) in [5.41, 5.74) is 0.791. The fourth-order valence-corrected chi connectivity index (χ4v) is 5.92. The number of benzene rings is 3. The molecule has 1 aliphatic heterocycles. The second-order valence-electron chi connectivity index (χ2n) is 9.98. The van der Waals surface area contributed by atoms with Crippen molar-refractivity contribution in [3.05, 3.63) is 78.1 Å². The quantitative estimate of drug-likeness (QED) is 0.288. The second kappa shape index (κ2) is 14.2. The summed E-state index contributed by atoms with van der Waals surface area (Å²) in [7, 11) is -2.82. The van der Waals surface area contributed by atoms with Crippen LogP contribution < -0.4 is 23.8 Å². The van der Waals surface area contributed by atoms with E-state index in [9.17, 15) is 22.4 Å². The first-order valence-corrected chi connectivity index (χ1v) is 15.5. The van der Waals surface area contributed by atoms with Gasteiger partial charge in [-0.15, -0.1) is 0 Å². The summed E-state index contributed by atoms with van der Waals surface area (Å²) in [6.07, 6.45) is 1.66. The van der Waals surface area contributed by atoms with Crippen molar-refractivity contribution in [3.8, 4) is 17.2 Å². The largest absolute Gasteiger partial charge is 0.497 e. The molecule has 0 unspecified atom stereocenters. The molecule has 3 aromatic carbocycles. The highest BCUT2D eigenvalue weighted by molar-refractivity contribution is 7.92. The monoisotopic (exact) mass is 613 g/mol. The van der Waals surface area contributed by atoms with Crippen molar-refractivity contribution < 1.29 is 36.6 Å². The third-order valence-corrected chi connectivity index (χ3v) is 8.77. The number of amides is 2. The summed E-state index contributed by atoms with van der Waals surface area (Å²) in [5, 5.41) is 2.85. The highest BCUT2D eigenvalue weighted by Gasteiger charge is 2.33. The number of ether oxygens (including phenoxy) is 3. The number of hydrogen-bond acceptors (Lipinski definition) is 7. The van der Waals surface area contributed by atoms with E-state index in [0.717, 1.165) is 29.3 Å². The van der Waals surface area contributed by atoms with E-state index < -0.39 is 34.3 Å². The molecule has 230 valence electrons. The minimum Gasteiger partial charge on any atom is -0.497 e. The number of carbonyl (C=O) groups excluding carboxylic acids is 2. The molecular formula is C31H36FN3O7S. The van der Waals surface area contributed by atoms with Gasteiger partial charge in [-0.3, -0.25) is 13.9 Å². The third kappa shape index (κ3) is 7.75. The van der Waals surface area contributed by atoms with Gasteiger partial charge in [0.05, 0.1) is 17.7 Å². The fourth-order valence-electron chi connectivity index (χ4n) is 4.49. The molecule has 0 aromatic heterocycles. The second-order valence-corrected chi connectivity index (χ2v) is 11.8. The SMILES string of the molecule is CCCCNC(=O)[C@@H](C)N(Cc1ccc(OC)cc1)C(=O)CN(c1ccc(F)cc1)S(=O)(=O)c1ccc2c(c1)OCCO2. The summed E-state index contributed by atoms with van der Waals surface area (Å²) in [4.78, 5) is 28.3. The van der Waals surface area contributed by atoms with Gasteiger partial charge < -0.3 is 24.4 Å². The van der Waals surface area contributed by atoms with Gasteiger partial charge in [-0.25, -0.2) is 12.8 Å². The lowest BCUT2D eigenvalue weighted by atomic mass is 10.1. The normalized spacial score (nSPS) is 13.1. The molecule has 1 N–H and O–H groups in total. The van der Waals surface area contributed by atoms with Gasteiger partial charge in [0.1, 0.15) is 37.4 Å². The molecule has 1 aliphatic rings. The van der Waals surface area contributed by atoms with Crippen molar-refractivity contribution in [1.29, 1.82) is 0 Å². The maximum absolute atomic E-state index is 14.0. The molecule has 10 nitrogen and oxygen atoms in total. The fraction of sp³-hybridized carbons (Fsp3) is 0.355. The number of nitrogens with one attached hydrogen (secondary N) is 1. The Hall–Kier alpha value is -4.32. The van der Waals surface area contributed by atoms with Gasteiger partial charge in [-0.1, -0.05) is 25.5 Å². The maximum Gasteiger partial charge on any atom is 0.264 e. The number of methoxy groups -OCH3 is 1. The number of carbonyl (C=O) groups is 2. The predicted molar refractivity (Wildman–Crippen MR) is 159 cm³/mol. The van der Waals surface area contributed by atoms with E-state index in [1.807, 2.05) is 6.92 Å². The standard InChI is InChI=1S/C31H36FN3O7S/c1-4-5-16-33-31(37)22(2)34(20-23-6-12-26(40-3)13-7-23)30(36)21-35(25-10-8-24(32)9-11-25)43(38,39)27-14-15-28-29(19-27)42-18-17-41-28/h6-15,19,22H,4-5,16-18,20-21H2,1-3H3,(H,33,37)/t22-/m1/s1. The first kappa shape index (κ1) is 31.6. The van der Waals surface area contributed by atoms with Gasteiger partial charge in [0.2, 0.25) is 11.8 Å². The van der Waals surface area contributed by atoms with E-state index in [1.165, 1.54) is 35.2 Å². The van der Waals surface area contributed by atoms with E-state index in [4.69, 9.17) is 14.2 Å². The van der Waals surface area contributed by atoms with E-state index in [-0.39, 0.29) is 35.4 Å². The minimum atomic E-state index is -4.36. The van der Waals surface area contributed by atoms with Crippen LogP contribution in [0.4, 0.5) is 10.1 Å². The van der Waals surface area contributed by atoms with Crippen LogP contribution in [0.3, 0.4) is 0 Å². The van der Waals surface area contributed by atoms with E-state index in [1.54, 1.807) is 38.3 Å². The average Bonchev–Trinajstić information content (AvgIpc) is 3.02. The number of sulfonamides is 1. The van der Waals surface area contributed by atoms with Gasteiger partial charge in [0.25, 0.3) is 10.0 Å². The number of fused-ring (bicyclic) bond motifs is 1. The summed E-state index contributed by atoms with van der Waals surface area (Å²) in [6, 6.07) is 15.1. The number of hydrogen-bond donors (Lipinski definition) is 1. The van der Waals surface area contributed by atoms with Gasteiger partial charge in [-0.2, -0.15) is 0 Å². The lowest BCUT2D eigenvalue weighted by Crippen LogP contribution is -2.51. The highest BCUT2D eigenvalue weighted by atomic mass is 32.2. The summed E-state index contributed by atoms with van der Waals surface area (Å²) < 4.78 is 59.1. The van der Waals surface area contributed by atoms with Crippen molar-refractivity contribution in [1.82, 2.24) is 10.2 Å². The number of rotatable bonds is 13. The highest BCUT2D eigenvalue weighted by Crippen LogP contribution is 2.34. The van der Waals surface area contributed by atoms with Crippen LogP contribution in [0.2, 0.25) is 0 Å². The molecule has 0 bridgehead atoms. The molecule has 1 atom stereocenters. The van der Waals surface area contributed by atoms with Crippen molar-refractivity contribution in [2.45, 2.75) is 44.2 Å². The summed E-state index contributed by atoms with van der Waals surface area (Å²) >= 11 is 0. The van der Waals surface area contributed by atoms with E-state index in [2.05, 4.69) is 5.32 Å². The number of anilines is 1. The van der Waals surface area contributed by atoms with Gasteiger partial charge in [0, 0.05) is 19.2 Å². The van der Waals surface area contributed by atoms with Crippen LogP contribution in [-0.4, -0.2) is 64.6 Å². The molecule has 0 radical (unpaired) electrons. The molecule has 0 spiro atoms. The third-order valence-electron chi connectivity index (χ3n) is 7.00. The topological polar surface area (TPSA) is 114 Å². The molecule has 0 saturated carbocycles. The minimum absolute atomic E-state index is 0.0342. The zero-order valence-corrected chi connectivity index (χ0v) is 25.2. The molecule has 0 aliphatic carbocycles. The molecule has 1 heterocycles. The zero-order valence-electron chi connectivity index (χ0n) is 24.4. The number of unbranched alkanes of at least 4 members (excludes halogenated alkanes) is 1. The molecule has 0 fully saturated rings. The Balaban J connectivity index is 1.69. The Kier molecular flexibility index (Phi) is 10.5. The molecule has 2 amide bonds. The number of halogens is 1. The Morgan fingerprint density at radius 2 is 1.67 bits per heavy atom. The molecular weight excluding hydrogens is 577 g/mol. The summed E-state index contributed by atoms with van der Waals surface area (Å²) in [6.45, 7) is 4.03. The van der Waals surface area contributed by atoms with Gasteiger partial charge >= 0.3 is 0 Å². The van der Waals surface area contributed by atoms with Crippen molar-refractivity contribution >= 4 is 27.5 Å². The lowest BCUT2D eigenvalue weighted by molar-refractivity contribution is -0.139. The van der Waals surface area contributed by atoms with Crippen LogP contribution in [0.1, 0.15) is 32.3 Å². The zero-order chi connectivity index (χ0) is 31.0. The van der Waals surface area contributed by atoms with E-state index >= 15 is 0 Å². The van der Waals surface area contributed by atoms with Crippen LogP contribution in [0.15, 0.2) is 71.6 Å². The van der Waals surface area contributed by atoms with Crippen LogP contribution in [-0.2, 0) is 26.2 Å². The molecule has 43 heavy (non-hydrogen) atoms. The Morgan fingerprint density at radius 3 is 2.33 bits per heavy atom. The molecule has 12 heteroatoms. The van der Waals surface area contributed by atoms with Crippen LogP contribution >= 0.6 is 0 Å². The number of nitrogens with zero attached hydrogens (tertiary/aromatic N) is 2. The average molecular weight is 614 g/mol.